The van der Waals surface area contributed by atoms with Gasteiger partial charge in [0.15, 0.2) is 11.6 Å². The molecule has 0 saturated heterocycles. The smallest absolute Gasteiger partial charge is 0.336 e. The molecule has 0 fully saturated rings. The number of carbonyl (C=O) groups excluding carboxylic acids is 2. The largest absolute Gasteiger partial charge is 0.462 e. The van der Waals surface area contributed by atoms with Crippen LogP contribution in [0, 0.1) is 17.6 Å². The Kier molecular flexibility index (Phi) is 6.28. The number of rotatable bonds is 6. The number of carbonyl (C=O) groups is 2. The molecule has 1 aromatic rings. The molecule has 1 aliphatic heterocycles. The number of amides is 1. The zero-order chi connectivity index (χ0) is 18.6. The van der Waals surface area contributed by atoms with Crippen LogP contribution in [0.3, 0.4) is 0 Å². The van der Waals surface area contributed by atoms with Gasteiger partial charge >= 0.3 is 5.97 Å². The van der Waals surface area contributed by atoms with Crippen LogP contribution in [-0.2, 0) is 14.3 Å². The first-order valence-electron chi connectivity index (χ1n) is 8.50. The predicted octanol–water partition coefficient (Wildman–Crippen LogP) is 3.82. The molecule has 1 aliphatic rings. The van der Waals surface area contributed by atoms with Crippen molar-refractivity contribution in [3.05, 3.63) is 46.7 Å². The summed E-state index contributed by atoms with van der Waals surface area (Å²) in [6.07, 6.45) is 1.62. The van der Waals surface area contributed by atoms with Crippen molar-refractivity contribution in [2.75, 3.05) is 6.61 Å². The third kappa shape index (κ3) is 4.24. The van der Waals surface area contributed by atoms with Gasteiger partial charge in [0.1, 0.15) is 0 Å². The molecule has 1 amide bonds. The summed E-state index contributed by atoms with van der Waals surface area (Å²) in [5, 5.41) is 2.58. The van der Waals surface area contributed by atoms with Crippen molar-refractivity contribution in [3.63, 3.8) is 0 Å². The van der Waals surface area contributed by atoms with Gasteiger partial charge in [-0.25, -0.2) is 13.6 Å². The molecule has 0 aliphatic carbocycles. The summed E-state index contributed by atoms with van der Waals surface area (Å²) in [5.74, 6) is -3.61. The fraction of sp³-hybridized carbons (Fsp3) is 0.474. The zero-order valence-electron chi connectivity index (χ0n) is 14.7. The van der Waals surface area contributed by atoms with Crippen molar-refractivity contribution in [1.82, 2.24) is 5.32 Å². The third-order valence-corrected chi connectivity index (χ3v) is 4.65. The van der Waals surface area contributed by atoms with E-state index < -0.39 is 23.5 Å². The number of hydrogen-bond donors (Lipinski definition) is 1. The minimum absolute atomic E-state index is 0.0105. The van der Waals surface area contributed by atoms with Gasteiger partial charge in [-0.1, -0.05) is 38.8 Å². The predicted molar refractivity (Wildman–Crippen MR) is 89.6 cm³/mol. The number of hydrogen-bond acceptors (Lipinski definition) is 3. The van der Waals surface area contributed by atoms with Crippen molar-refractivity contribution in [2.24, 2.45) is 5.92 Å². The lowest BCUT2D eigenvalue weighted by Gasteiger charge is -2.27. The second kappa shape index (κ2) is 8.23. The van der Waals surface area contributed by atoms with E-state index in [0.717, 1.165) is 18.9 Å². The summed E-state index contributed by atoms with van der Waals surface area (Å²) >= 11 is 0. The fourth-order valence-corrected chi connectivity index (χ4v) is 3.02. The highest BCUT2D eigenvalue weighted by Crippen LogP contribution is 2.35. The summed E-state index contributed by atoms with van der Waals surface area (Å²) in [6.45, 7) is 5.85. The van der Waals surface area contributed by atoms with Gasteiger partial charge in [-0.3, -0.25) is 4.79 Å². The van der Waals surface area contributed by atoms with E-state index in [1.807, 2.05) is 13.8 Å². The molecule has 0 radical (unpaired) electrons. The lowest BCUT2D eigenvalue weighted by molar-refractivity contribution is -0.141. The molecule has 0 spiro atoms. The molecule has 0 unspecified atom stereocenters. The standard InChI is InChI=1S/C19H23F2NO3/c1-4-12(5-2)10-25-19(24)17-11(3)22-16(23)9-14(17)13-7-6-8-15(20)18(13)21/h6-8,12,14H,4-5,9-10H2,1-3H3,(H,22,23)/t14-/m0/s1. The monoisotopic (exact) mass is 351 g/mol. The van der Waals surface area contributed by atoms with Gasteiger partial charge in [0.2, 0.25) is 5.91 Å². The molecule has 0 aromatic heterocycles. The topological polar surface area (TPSA) is 55.4 Å². The van der Waals surface area contributed by atoms with Gasteiger partial charge in [0.05, 0.1) is 12.2 Å². The van der Waals surface area contributed by atoms with E-state index in [2.05, 4.69) is 5.32 Å². The quantitative estimate of drug-likeness (QED) is 0.793. The molecular formula is C19H23F2NO3. The normalized spacial score (nSPS) is 17.7. The van der Waals surface area contributed by atoms with Gasteiger partial charge in [-0.05, 0) is 24.5 Å². The van der Waals surface area contributed by atoms with E-state index in [4.69, 9.17) is 4.74 Å². The van der Waals surface area contributed by atoms with Gasteiger partial charge < -0.3 is 10.1 Å². The summed E-state index contributed by atoms with van der Waals surface area (Å²) in [5.41, 5.74) is 0.484. The minimum atomic E-state index is -1.04. The van der Waals surface area contributed by atoms with E-state index in [1.54, 1.807) is 6.92 Å². The number of allylic oxidation sites excluding steroid dienone is 1. The van der Waals surface area contributed by atoms with Crippen molar-refractivity contribution < 1.29 is 23.1 Å². The Labute approximate surface area is 146 Å². The Morgan fingerprint density at radius 2 is 2.00 bits per heavy atom. The van der Waals surface area contributed by atoms with Gasteiger partial charge in [0.25, 0.3) is 0 Å². The average molecular weight is 351 g/mol. The molecule has 1 aromatic carbocycles. The highest BCUT2D eigenvalue weighted by Gasteiger charge is 2.35. The molecular weight excluding hydrogens is 328 g/mol. The van der Waals surface area contributed by atoms with E-state index in [1.165, 1.54) is 12.1 Å². The van der Waals surface area contributed by atoms with E-state index in [0.29, 0.717) is 5.70 Å². The molecule has 0 saturated carbocycles. The van der Waals surface area contributed by atoms with Crippen LogP contribution in [0.4, 0.5) is 8.78 Å². The molecule has 1 atom stereocenters. The summed E-state index contributed by atoms with van der Waals surface area (Å²) < 4.78 is 33.2. The Morgan fingerprint density at radius 1 is 1.32 bits per heavy atom. The summed E-state index contributed by atoms with van der Waals surface area (Å²) in [4.78, 5) is 24.5. The molecule has 136 valence electrons. The highest BCUT2D eigenvalue weighted by atomic mass is 19.2. The maximum atomic E-state index is 14.2. The Hall–Kier alpha value is -2.24. The van der Waals surface area contributed by atoms with Crippen LogP contribution in [0.15, 0.2) is 29.5 Å². The Bertz CT molecular complexity index is 696. The van der Waals surface area contributed by atoms with Crippen molar-refractivity contribution >= 4 is 11.9 Å². The first-order valence-corrected chi connectivity index (χ1v) is 8.50. The molecule has 1 heterocycles. The molecule has 25 heavy (non-hydrogen) atoms. The molecule has 1 N–H and O–H groups in total. The summed E-state index contributed by atoms with van der Waals surface area (Å²) in [6, 6.07) is 3.76. The minimum Gasteiger partial charge on any atom is -0.462 e. The van der Waals surface area contributed by atoms with Crippen LogP contribution >= 0.6 is 0 Å². The number of halogens is 2. The van der Waals surface area contributed by atoms with Gasteiger partial charge in [0, 0.05) is 18.0 Å². The maximum Gasteiger partial charge on any atom is 0.336 e. The zero-order valence-corrected chi connectivity index (χ0v) is 14.7. The molecule has 0 bridgehead atoms. The molecule has 6 heteroatoms. The fourth-order valence-electron chi connectivity index (χ4n) is 3.02. The molecule has 2 rings (SSSR count). The number of nitrogens with one attached hydrogen (secondary N) is 1. The summed E-state index contributed by atoms with van der Waals surface area (Å²) in [7, 11) is 0. The van der Waals surface area contributed by atoms with Crippen LogP contribution in [0.2, 0.25) is 0 Å². The first-order chi connectivity index (χ1) is 11.9. The highest BCUT2D eigenvalue weighted by molar-refractivity contribution is 5.95. The lowest BCUT2D eigenvalue weighted by Crippen LogP contribution is -2.35. The lowest BCUT2D eigenvalue weighted by atomic mass is 9.84. The van der Waals surface area contributed by atoms with Crippen molar-refractivity contribution in [1.29, 1.82) is 0 Å². The second-order valence-electron chi connectivity index (χ2n) is 6.27. The number of esters is 1. The van der Waals surface area contributed by atoms with Crippen LogP contribution in [0.25, 0.3) is 0 Å². The Morgan fingerprint density at radius 3 is 2.64 bits per heavy atom. The molecule has 4 nitrogen and oxygen atoms in total. The van der Waals surface area contributed by atoms with Gasteiger partial charge in [-0.15, -0.1) is 0 Å². The average Bonchev–Trinajstić information content (AvgIpc) is 2.57. The van der Waals surface area contributed by atoms with Gasteiger partial charge in [-0.2, -0.15) is 0 Å². The van der Waals surface area contributed by atoms with E-state index in [9.17, 15) is 18.4 Å². The third-order valence-electron chi connectivity index (χ3n) is 4.65. The second-order valence-corrected chi connectivity index (χ2v) is 6.27. The maximum absolute atomic E-state index is 14.2. The first kappa shape index (κ1) is 19.1. The van der Waals surface area contributed by atoms with Crippen molar-refractivity contribution in [3.8, 4) is 0 Å². The number of benzene rings is 1. The SMILES string of the molecule is CCC(CC)COC(=O)C1=C(C)NC(=O)C[C@H]1c1cccc(F)c1F. The van der Waals surface area contributed by atoms with Crippen LogP contribution in [0.5, 0.6) is 0 Å². The number of ether oxygens (including phenoxy) is 1. The van der Waals surface area contributed by atoms with Crippen LogP contribution in [-0.4, -0.2) is 18.5 Å². The van der Waals surface area contributed by atoms with Crippen LogP contribution < -0.4 is 5.32 Å². The Balaban J connectivity index is 2.34. The van der Waals surface area contributed by atoms with E-state index >= 15 is 0 Å². The van der Waals surface area contributed by atoms with Crippen molar-refractivity contribution in [2.45, 2.75) is 46.0 Å². The van der Waals surface area contributed by atoms with E-state index in [-0.39, 0.29) is 36.0 Å². The van der Waals surface area contributed by atoms with Crippen LogP contribution in [0.1, 0.15) is 51.5 Å².